The second-order valence-electron chi connectivity index (χ2n) is 2.95. The van der Waals surface area contributed by atoms with Gasteiger partial charge in [0.25, 0.3) is 10.1 Å². The van der Waals surface area contributed by atoms with Crippen LogP contribution in [0, 0.1) is 17.5 Å². The lowest BCUT2D eigenvalue weighted by molar-refractivity contribution is 0.463. The molecule has 0 spiro atoms. The first kappa shape index (κ1) is 12.0. The molecule has 0 saturated carbocycles. The summed E-state index contributed by atoms with van der Waals surface area (Å²) in [6.07, 6.45) is 0. The van der Waals surface area contributed by atoms with E-state index in [2.05, 4.69) is 0 Å². The first-order chi connectivity index (χ1) is 6.73. The maximum atomic E-state index is 13.0. The molecule has 0 fully saturated rings. The molecule has 1 unspecified atom stereocenters. The highest BCUT2D eigenvalue weighted by atomic mass is 32.2. The Kier molecular flexibility index (Phi) is 3.05. The van der Waals surface area contributed by atoms with Gasteiger partial charge >= 0.3 is 0 Å². The topological polar surface area (TPSA) is 54.4 Å². The summed E-state index contributed by atoms with van der Waals surface area (Å²) in [6, 6.07) is 0.634. The van der Waals surface area contributed by atoms with Gasteiger partial charge in [-0.05, 0) is 13.0 Å². The highest BCUT2D eigenvalue weighted by Gasteiger charge is 2.24. The van der Waals surface area contributed by atoms with Crippen molar-refractivity contribution in [3.63, 3.8) is 0 Å². The van der Waals surface area contributed by atoms with Crippen LogP contribution in [0.2, 0.25) is 0 Å². The maximum absolute atomic E-state index is 13.0. The van der Waals surface area contributed by atoms with Crippen LogP contribution in [0.25, 0.3) is 0 Å². The number of benzene rings is 1. The Morgan fingerprint density at radius 1 is 1.13 bits per heavy atom. The molecule has 1 atom stereocenters. The van der Waals surface area contributed by atoms with Crippen molar-refractivity contribution >= 4 is 10.1 Å². The van der Waals surface area contributed by atoms with Gasteiger partial charge in [-0.3, -0.25) is 4.55 Å². The minimum atomic E-state index is -4.54. The summed E-state index contributed by atoms with van der Waals surface area (Å²) in [6.45, 7) is 0.963. The molecule has 0 bridgehead atoms. The summed E-state index contributed by atoms with van der Waals surface area (Å²) in [5.41, 5.74) is -0.614. The number of hydrogen-bond acceptors (Lipinski definition) is 2. The second-order valence-corrected chi connectivity index (χ2v) is 4.68. The van der Waals surface area contributed by atoms with Gasteiger partial charge in [-0.1, -0.05) is 0 Å². The molecule has 1 rings (SSSR count). The number of rotatable bonds is 2. The van der Waals surface area contributed by atoms with Crippen LogP contribution in [-0.4, -0.2) is 13.0 Å². The maximum Gasteiger partial charge on any atom is 0.271 e. The van der Waals surface area contributed by atoms with E-state index < -0.39 is 38.4 Å². The third kappa shape index (κ3) is 2.48. The minimum absolute atomic E-state index is 0.229. The predicted octanol–water partition coefficient (Wildman–Crippen LogP) is 2.05. The van der Waals surface area contributed by atoms with Gasteiger partial charge in [-0.25, -0.2) is 13.2 Å². The molecule has 0 saturated heterocycles. The molecular weight excluding hydrogens is 233 g/mol. The standard InChI is InChI=1S/C8H7F3O3S/c1-4(15(12,13)14)5-2-7(10)8(11)3-6(5)9/h2-4H,1H3,(H,12,13,14). The molecule has 1 aromatic rings. The van der Waals surface area contributed by atoms with Crippen molar-refractivity contribution in [2.45, 2.75) is 12.2 Å². The Bertz CT molecular complexity index is 484. The summed E-state index contributed by atoms with van der Waals surface area (Å²) in [4.78, 5) is 0. The molecule has 0 radical (unpaired) electrons. The van der Waals surface area contributed by atoms with Gasteiger partial charge in [0.15, 0.2) is 11.6 Å². The van der Waals surface area contributed by atoms with E-state index in [1.807, 2.05) is 0 Å². The first-order valence-electron chi connectivity index (χ1n) is 3.84. The van der Waals surface area contributed by atoms with Crippen molar-refractivity contribution in [2.75, 3.05) is 0 Å². The highest BCUT2D eigenvalue weighted by Crippen LogP contribution is 2.25. The molecule has 0 aromatic heterocycles. The van der Waals surface area contributed by atoms with E-state index in [9.17, 15) is 21.6 Å². The molecule has 7 heteroatoms. The van der Waals surface area contributed by atoms with Crippen LogP contribution in [-0.2, 0) is 10.1 Å². The lowest BCUT2D eigenvalue weighted by atomic mass is 10.1. The Morgan fingerprint density at radius 2 is 1.60 bits per heavy atom. The second kappa shape index (κ2) is 3.82. The molecule has 0 aliphatic heterocycles. The van der Waals surface area contributed by atoms with Crippen molar-refractivity contribution in [3.8, 4) is 0 Å². The fourth-order valence-electron chi connectivity index (χ4n) is 1.01. The van der Waals surface area contributed by atoms with Gasteiger partial charge in [0.05, 0.1) is 0 Å². The number of hydrogen-bond donors (Lipinski definition) is 1. The molecule has 0 heterocycles. The molecule has 84 valence electrons. The molecule has 1 aromatic carbocycles. The van der Waals surface area contributed by atoms with Gasteiger partial charge in [0, 0.05) is 11.6 Å². The highest BCUT2D eigenvalue weighted by molar-refractivity contribution is 7.86. The largest absolute Gasteiger partial charge is 0.285 e. The zero-order valence-electron chi connectivity index (χ0n) is 7.54. The molecule has 0 amide bonds. The van der Waals surface area contributed by atoms with Crippen LogP contribution in [0.5, 0.6) is 0 Å². The van der Waals surface area contributed by atoms with Crippen LogP contribution >= 0.6 is 0 Å². The van der Waals surface area contributed by atoms with Crippen molar-refractivity contribution in [1.82, 2.24) is 0 Å². The van der Waals surface area contributed by atoms with Crippen molar-refractivity contribution in [1.29, 1.82) is 0 Å². The summed E-state index contributed by atoms with van der Waals surface area (Å²) < 4.78 is 68.1. The van der Waals surface area contributed by atoms with Gasteiger partial charge in [0.2, 0.25) is 0 Å². The van der Waals surface area contributed by atoms with Crippen molar-refractivity contribution in [3.05, 3.63) is 35.1 Å². The average molecular weight is 240 g/mol. The van der Waals surface area contributed by atoms with E-state index in [0.717, 1.165) is 6.92 Å². The van der Waals surface area contributed by atoms with Crippen molar-refractivity contribution in [2.24, 2.45) is 0 Å². The Hall–Kier alpha value is -1.08. The Labute approximate surface area is 84.3 Å². The lowest BCUT2D eigenvalue weighted by Gasteiger charge is -2.09. The monoisotopic (exact) mass is 240 g/mol. The first-order valence-corrected chi connectivity index (χ1v) is 5.34. The van der Waals surface area contributed by atoms with Crippen LogP contribution in [0.3, 0.4) is 0 Å². The van der Waals surface area contributed by atoms with Gasteiger partial charge in [0.1, 0.15) is 11.1 Å². The normalized spacial score (nSPS) is 13.9. The van der Waals surface area contributed by atoms with Gasteiger partial charge < -0.3 is 0 Å². The lowest BCUT2D eigenvalue weighted by Crippen LogP contribution is -2.11. The molecule has 0 aliphatic carbocycles. The van der Waals surface area contributed by atoms with Gasteiger partial charge in [-0.2, -0.15) is 8.42 Å². The van der Waals surface area contributed by atoms with Crippen LogP contribution in [0.4, 0.5) is 13.2 Å². The molecular formula is C8H7F3O3S. The Balaban J connectivity index is 3.33. The summed E-state index contributed by atoms with van der Waals surface area (Å²) in [5.74, 6) is -4.01. The Morgan fingerprint density at radius 3 is 2.07 bits per heavy atom. The zero-order valence-corrected chi connectivity index (χ0v) is 8.35. The van der Waals surface area contributed by atoms with Crippen LogP contribution in [0.15, 0.2) is 12.1 Å². The molecule has 15 heavy (non-hydrogen) atoms. The van der Waals surface area contributed by atoms with E-state index >= 15 is 0 Å². The summed E-state index contributed by atoms with van der Waals surface area (Å²) in [5, 5.41) is -1.65. The fraction of sp³-hybridized carbons (Fsp3) is 0.250. The van der Waals surface area contributed by atoms with E-state index in [1.165, 1.54) is 0 Å². The molecule has 1 N–H and O–H groups in total. The van der Waals surface area contributed by atoms with E-state index in [1.54, 1.807) is 0 Å². The smallest absolute Gasteiger partial charge is 0.271 e. The molecule has 3 nitrogen and oxygen atoms in total. The zero-order chi connectivity index (χ0) is 11.8. The minimum Gasteiger partial charge on any atom is -0.285 e. The fourth-order valence-corrected chi connectivity index (χ4v) is 1.51. The summed E-state index contributed by atoms with van der Waals surface area (Å²) in [7, 11) is -4.54. The summed E-state index contributed by atoms with van der Waals surface area (Å²) >= 11 is 0. The predicted molar refractivity (Wildman–Crippen MR) is 46.3 cm³/mol. The molecule has 0 aliphatic rings. The van der Waals surface area contributed by atoms with E-state index in [4.69, 9.17) is 4.55 Å². The SMILES string of the molecule is CC(c1cc(F)c(F)cc1F)S(=O)(=O)O. The van der Waals surface area contributed by atoms with E-state index in [-0.39, 0.29) is 6.07 Å². The van der Waals surface area contributed by atoms with Crippen molar-refractivity contribution < 1.29 is 26.1 Å². The number of halogens is 3. The van der Waals surface area contributed by atoms with Crippen LogP contribution in [0.1, 0.15) is 17.7 Å². The van der Waals surface area contributed by atoms with E-state index in [0.29, 0.717) is 6.07 Å². The van der Waals surface area contributed by atoms with Crippen LogP contribution < -0.4 is 0 Å². The third-order valence-electron chi connectivity index (χ3n) is 1.92. The third-order valence-corrected chi connectivity index (χ3v) is 3.07. The average Bonchev–Trinajstić information content (AvgIpc) is 2.08. The quantitative estimate of drug-likeness (QED) is 0.635. The van der Waals surface area contributed by atoms with Gasteiger partial charge in [-0.15, -0.1) is 0 Å².